The molecule has 0 radical (unpaired) electrons. The van der Waals surface area contributed by atoms with Gasteiger partial charge in [0, 0.05) is 25.0 Å². The highest BCUT2D eigenvalue weighted by Crippen LogP contribution is 2.39. The van der Waals surface area contributed by atoms with Crippen LogP contribution < -0.4 is 0 Å². The van der Waals surface area contributed by atoms with Crippen LogP contribution in [-0.4, -0.2) is 61.1 Å². The van der Waals surface area contributed by atoms with Gasteiger partial charge >= 0.3 is 0 Å². The fourth-order valence-electron chi connectivity index (χ4n) is 4.00. The Bertz CT molecular complexity index is 369. The first kappa shape index (κ1) is 14.3. The van der Waals surface area contributed by atoms with Crippen molar-refractivity contribution in [2.24, 2.45) is 11.8 Å². The SMILES string of the molecule is CC1CC(C(=O)N2CCC3(CC2)CC(N(C)C)CO3)C1. The molecule has 0 aromatic carbocycles. The number of hydrogen-bond donors (Lipinski definition) is 0. The van der Waals surface area contributed by atoms with Crippen LogP contribution >= 0.6 is 0 Å². The number of piperidine rings is 1. The molecule has 3 aliphatic rings. The molecule has 114 valence electrons. The third-order valence-electron chi connectivity index (χ3n) is 5.63. The molecule has 1 unspecified atom stereocenters. The van der Waals surface area contributed by atoms with Gasteiger partial charge in [-0.25, -0.2) is 0 Å². The molecular weight excluding hydrogens is 252 g/mol. The van der Waals surface area contributed by atoms with Crippen molar-refractivity contribution in [1.82, 2.24) is 9.80 Å². The third kappa shape index (κ3) is 2.60. The first-order chi connectivity index (χ1) is 9.49. The van der Waals surface area contributed by atoms with E-state index in [-0.39, 0.29) is 5.60 Å². The summed E-state index contributed by atoms with van der Waals surface area (Å²) in [4.78, 5) is 16.7. The molecule has 20 heavy (non-hydrogen) atoms. The van der Waals surface area contributed by atoms with Gasteiger partial charge in [0.1, 0.15) is 0 Å². The minimum atomic E-state index is 0.0542. The fraction of sp³-hybridized carbons (Fsp3) is 0.938. The molecule has 3 rings (SSSR count). The van der Waals surface area contributed by atoms with Crippen molar-refractivity contribution in [3.8, 4) is 0 Å². The molecule has 1 amide bonds. The first-order valence-electron chi connectivity index (χ1n) is 8.08. The summed E-state index contributed by atoms with van der Waals surface area (Å²) in [6, 6.07) is 0.546. The quantitative estimate of drug-likeness (QED) is 0.772. The molecule has 3 fully saturated rings. The lowest BCUT2D eigenvalue weighted by molar-refractivity contribution is -0.144. The maximum atomic E-state index is 12.4. The predicted octanol–water partition coefficient (Wildman–Crippen LogP) is 1.74. The average molecular weight is 280 g/mol. The van der Waals surface area contributed by atoms with E-state index >= 15 is 0 Å². The maximum Gasteiger partial charge on any atom is 0.225 e. The third-order valence-corrected chi connectivity index (χ3v) is 5.63. The Morgan fingerprint density at radius 1 is 1.25 bits per heavy atom. The molecule has 0 bridgehead atoms. The molecule has 1 aliphatic carbocycles. The zero-order valence-electron chi connectivity index (χ0n) is 13.1. The number of likely N-dealkylation sites (N-methyl/N-ethyl adjacent to an activating group) is 1. The summed E-state index contributed by atoms with van der Waals surface area (Å²) >= 11 is 0. The number of nitrogens with zero attached hydrogens (tertiary/aromatic N) is 2. The van der Waals surface area contributed by atoms with E-state index in [4.69, 9.17) is 4.74 Å². The van der Waals surface area contributed by atoms with Crippen molar-refractivity contribution in [2.45, 2.75) is 50.7 Å². The van der Waals surface area contributed by atoms with Crippen molar-refractivity contribution in [1.29, 1.82) is 0 Å². The van der Waals surface area contributed by atoms with E-state index in [9.17, 15) is 4.79 Å². The van der Waals surface area contributed by atoms with Gasteiger partial charge in [-0.1, -0.05) is 6.92 Å². The second-order valence-electron chi connectivity index (χ2n) is 7.41. The van der Waals surface area contributed by atoms with Gasteiger partial charge in [0.15, 0.2) is 0 Å². The summed E-state index contributed by atoms with van der Waals surface area (Å²) < 4.78 is 6.12. The summed E-state index contributed by atoms with van der Waals surface area (Å²) in [7, 11) is 4.26. The van der Waals surface area contributed by atoms with E-state index < -0.39 is 0 Å². The van der Waals surface area contributed by atoms with Crippen molar-refractivity contribution < 1.29 is 9.53 Å². The average Bonchev–Trinajstić information content (AvgIpc) is 2.80. The largest absolute Gasteiger partial charge is 0.373 e. The maximum absolute atomic E-state index is 12.4. The predicted molar refractivity (Wildman–Crippen MR) is 78.5 cm³/mol. The Morgan fingerprint density at radius 2 is 1.90 bits per heavy atom. The minimum absolute atomic E-state index is 0.0542. The van der Waals surface area contributed by atoms with E-state index in [1.54, 1.807) is 0 Å². The zero-order chi connectivity index (χ0) is 14.3. The fourth-order valence-corrected chi connectivity index (χ4v) is 4.00. The second kappa shape index (κ2) is 5.30. The van der Waals surface area contributed by atoms with Crippen molar-refractivity contribution in [3.05, 3.63) is 0 Å². The number of carbonyl (C=O) groups is 1. The molecule has 2 aliphatic heterocycles. The van der Waals surface area contributed by atoms with Crippen LogP contribution in [0, 0.1) is 11.8 Å². The smallest absolute Gasteiger partial charge is 0.225 e. The topological polar surface area (TPSA) is 32.8 Å². The molecule has 0 aromatic rings. The summed E-state index contributed by atoms with van der Waals surface area (Å²) in [5.41, 5.74) is 0.0542. The Hall–Kier alpha value is -0.610. The van der Waals surface area contributed by atoms with Crippen molar-refractivity contribution in [3.63, 3.8) is 0 Å². The van der Waals surface area contributed by atoms with Gasteiger partial charge in [0.25, 0.3) is 0 Å². The van der Waals surface area contributed by atoms with E-state index in [1.165, 1.54) is 0 Å². The monoisotopic (exact) mass is 280 g/mol. The highest BCUT2D eigenvalue weighted by Gasteiger charge is 2.45. The van der Waals surface area contributed by atoms with Crippen LogP contribution in [0.25, 0.3) is 0 Å². The Kier molecular flexibility index (Phi) is 3.80. The van der Waals surface area contributed by atoms with Gasteiger partial charge in [0.05, 0.1) is 12.2 Å². The van der Waals surface area contributed by atoms with E-state index in [2.05, 4.69) is 30.8 Å². The van der Waals surface area contributed by atoms with Crippen molar-refractivity contribution in [2.75, 3.05) is 33.8 Å². The van der Waals surface area contributed by atoms with Gasteiger partial charge < -0.3 is 14.5 Å². The number of hydrogen-bond acceptors (Lipinski definition) is 3. The number of amides is 1. The van der Waals surface area contributed by atoms with Crippen LogP contribution in [-0.2, 0) is 9.53 Å². The lowest BCUT2D eigenvalue weighted by Crippen LogP contribution is -2.50. The van der Waals surface area contributed by atoms with Crippen LogP contribution in [0.15, 0.2) is 0 Å². The Labute approximate surface area is 122 Å². The number of carbonyl (C=O) groups excluding carboxylic acids is 1. The van der Waals surface area contributed by atoms with Crippen LogP contribution in [0.2, 0.25) is 0 Å². The molecule has 4 nitrogen and oxygen atoms in total. The van der Waals surface area contributed by atoms with Gasteiger partial charge in [-0.15, -0.1) is 0 Å². The Morgan fingerprint density at radius 3 is 2.40 bits per heavy atom. The molecule has 4 heteroatoms. The summed E-state index contributed by atoms with van der Waals surface area (Å²) in [6.45, 7) is 4.87. The molecule has 1 spiro atoms. The summed E-state index contributed by atoms with van der Waals surface area (Å²) in [5.74, 6) is 1.47. The number of ether oxygens (including phenoxy) is 1. The molecule has 0 aromatic heterocycles. The van der Waals surface area contributed by atoms with Gasteiger partial charge in [-0.2, -0.15) is 0 Å². The molecule has 2 heterocycles. The van der Waals surface area contributed by atoms with Crippen LogP contribution in [0.1, 0.15) is 39.0 Å². The van der Waals surface area contributed by atoms with E-state index in [1.807, 2.05) is 0 Å². The molecule has 1 saturated carbocycles. The minimum Gasteiger partial charge on any atom is -0.373 e. The van der Waals surface area contributed by atoms with Gasteiger partial charge in [-0.3, -0.25) is 4.79 Å². The first-order valence-corrected chi connectivity index (χ1v) is 8.08. The van der Waals surface area contributed by atoms with Crippen LogP contribution in [0.4, 0.5) is 0 Å². The normalized spacial score (nSPS) is 36.4. The number of likely N-dealkylation sites (tertiary alicyclic amines) is 1. The van der Waals surface area contributed by atoms with Gasteiger partial charge in [0.2, 0.25) is 5.91 Å². The standard InChI is InChI=1S/C16H28N2O2/c1-12-8-13(9-12)15(19)18-6-4-16(5-7-18)10-14(11-20-16)17(2)3/h12-14H,4-11H2,1-3H3. The van der Waals surface area contributed by atoms with Crippen LogP contribution in [0.3, 0.4) is 0 Å². The zero-order valence-corrected chi connectivity index (χ0v) is 13.1. The highest BCUT2D eigenvalue weighted by atomic mass is 16.5. The van der Waals surface area contributed by atoms with E-state index in [0.717, 1.165) is 57.7 Å². The molecule has 1 atom stereocenters. The summed E-state index contributed by atoms with van der Waals surface area (Å²) in [6.07, 6.45) is 5.36. The summed E-state index contributed by atoms with van der Waals surface area (Å²) in [5, 5.41) is 0. The van der Waals surface area contributed by atoms with Crippen LogP contribution in [0.5, 0.6) is 0 Å². The number of rotatable bonds is 2. The lowest BCUT2D eigenvalue weighted by atomic mass is 9.75. The van der Waals surface area contributed by atoms with Crippen molar-refractivity contribution >= 4 is 5.91 Å². The van der Waals surface area contributed by atoms with E-state index in [0.29, 0.717) is 17.9 Å². The highest BCUT2D eigenvalue weighted by molar-refractivity contribution is 5.79. The second-order valence-corrected chi connectivity index (χ2v) is 7.41. The Balaban J connectivity index is 1.51. The molecule has 0 N–H and O–H groups in total. The molecule has 2 saturated heterocycles. The molecular formula is C16H28N2O2. The lowest BCUT2D eigenvalue weighted by Gasteiger charge is -2.42. The van der Waals surface area contributed by atoms with Gasteiger partial charge in [-0.05, 0) is 52.1 Å².